The van der Waals surface area contributed by atoms with Crippen molar-refractivity contribution >= 4 is 98.7 Å². The molecule has 69 heavy (non-hydrogen) atoms. The molecular formula is C60H53BN2O4S2. The van der Waals surface area contributed by atoms with E-state index in [1.807, 2.05) is 22.7 Å². The molecule has 2 aromatic heterocycles. The number of nitrogens with zero attached hydrogens (tertiary/aromatic N) is 2. The van der Waals surface area contributed by atoms with Crippen molar-refractivity contribution in [3.05, 3.63) is 151 Å². The van der Waals surface area contributed by atoms with E-state index in [2.05, 4.69) is 191 Å². The molecule has 0 radical (unpaired) electrons. The molecule has 0 atom stereocenters. The first kappa shape index (κ1) is 42.4. The summed E-state index contributed by atoms with van der Waals surface area (Å²) in [5.74, 6) is 3.11. The summed E-state index contributed by atoms with van der Waals surface area (Å²) in [5, 5.41) is 5.06. The van der Waals surface area contributed by atoms with Gasteiger partial charge in [-0.1, -0.05) is 133 Å². The summed E-state index contributed by atoms with van der Waals surface area (Å²) in [5.41, 5.74) is 15.3. The Labute approximate surface area is 412 Å². The molecule has 6 nitrogen and oxygen atoms in total. The molecule has 9 aromatic rings. The summed E-state index contributed by atoms with van der Waals surface area (Å²) < 4.78 is 28.6. The van der Waals surface area contributed by atoms with Crippen LogP contribution in [0.15, 0.2) is 140 Å². The van der Waals surface area contributed by atoms with E-state index in [-0.39, 0.29) is 17.5 Å². The highest BCUT2D eigenvalue weighted by Gasteiger charge is 2.48. The number of thiophene rings is 2. The Morgan fingerprint density at radius 3 is 1.23 bits per heavy atom. The van der Waals surface area contributed by atoms with Crippen LogP contribution >= 0.6 is 22.7 Å². The number of ether oxygens (including phenoxy) is 4. The first-order valence-electron chi connectivity index (χ1n) is 24.3. The topological polar surface area (TPSA) is 43.4 Å². The van der Waals surface area contributed by atoms with E-state index in [4.69, 9.17) is 18.9 Å². The van der Waals surface area contributed by atoms with Gasteiger partial charge in [0.25, 0.3) is 6.71 Å². The standard InChI is InChI=1S/C60H53BN2O4S2/c1-59(2,3)38-22-24-52-42(30-38)54-57(68-52)62(46-34-50-48(64-26-14-28-66-50)32-40(46)36-16-9-7-10-17-36)44-20-13-21-45-56(44)61(54)55-43-31-39(60(4,5)6)23-25-53(43)69-58(55)63(45)47-35-51-49(65-27-15-29-67-51)33-41(47)37-18-11-8-12-19-37/h7-13,16-25,30-35H,14-15,26-29H2,1-6H3. The van der Waals surface area contributed by atoms with Gasteiger partial charge in [-0.05, 0) is 96.6 Å². The SMILES string of the molecule is CC(C)(C)c1ccc2sc3c(c2c1)B1c2c(cccc2N(c2cc4c(cc2-c2ccccc2)OCCCO4)c2sc4ccc(C(C)(C)C)cc4c21)N3c1cc2c(cc1-c1ccccc1)OCCCO2. The van der Waals surface area contributed by atoms with Crippen LogP contribution in [-0.4, -0.2) is 33.1 Å². The Hall–Kier alpha value is -6.68. The Kier molecular flexibility index (Phi) is 9.80. The van der Waals surface area contributed by atoms with Gasteiger partial charge in [0, 0.05) is 56.9 Å². The molecule has 0 saturated heterocycles. The van der Waals surface area contributed by atoms with E-state index < -0.39 is 0 Å². The molecule has 13 rings (SSSR count). The van der Waals surface area contributed by atoms with E-state index in [0.29, 0.717) is 26.4 Å². The highest BCUT2D eigenvalue weighted by atomic mass is 32.1. The lowest BCUT2D eigenvalue weighted by molar-refractivity contribution is 0.296. The van der Waals surface area contributed by atoms with Crippen LogP contribution in [0.4, 0.5) is 32.8 Å². The van der Waals surface area contributed by atoms with Crippen molar-refractivity contribution in [3.8, 4) is 45.3 Å². The van der Waals surface area contributed by atoms with Crippen LogP contribution < -0.4 is 45.1 Å². The van der Waals surface area contributed by atoms with Gasteiger partial charge in [0.1, 0.15) is 0 Å². The Balaban J connectivity index is 1.18. The van der Waals surface area contributed by atoms with Crippen molar-refractivity contribution < 1.29 is 18.9 Å². The minimum Gasteiger partial charge on any atom is -0.490 e. The average Bonchev–Trinajstić information content (AvgIpc) is 3.71. The van der Waals surface area contributed by atoms with Gasteiger partial charge in [0.2, 0.25) is 0 Å². The molecule has 0 amide bonds. The number of benzene rings is 7. The molecule has 7 aromatic carbocycles. The third-order valence-corrected chi connectivity index (χ3v) is 16.7. The van der Waals surface area contributed by atoms with Gasteiger partial charge in [0.15, 0.2) is 23.0 Å². The summed E-state index contributed by atoms with van der Waals surface area (Å²) >= 11 is 3.80. The number of anilines is 6. The van der Waals surface area contributed by atoms with Crippen molar-refractivity contribution in [2.75, 3.05) is 36.2 Å². The predicted octanol–water partition coefficient (Wildman–Crippen LogP) is 14.5. The normalized spacial score (nSPS) is 15.1. The van der Waals surface area contributed by atoms with Crippen LogP contribution in [0.25, 0.3) is 42.4 Å². The second-order valence-corrected chi connectivity index (χ2v) is 22.9. The highest BCUT2D eigenvalue weighted by Crippen LogP contribution is 2.55. The fourth-order valence-electron chi connectivity index (χ4n) is 10.9. The van der Waals surface area contributed by atoms with Crippen LogP contribution in [0.3, 0.4) is 0 Å². The molecule has 9 heteroatoms. The second kappa shape index (κ2) is 15.9. The molecular weight excluding hydrogens is 888 g/mol. The van der Waals surface area contributed by atoms with Crippen molar-refractivity contribution in [3.63, 3.8) is 0 Å². The van der Waals surface area contributed by atoms with Gasteiger partial charge in [-0.2, -0.15) is 0 Å². The monoisotopic (exact) mass is 940 g/mol. The molecule has 0 aliphatic carbocycles. The summed E-state index contributed by atoms with van der Waals surface area (Å²) in [4.78, 5) is 5.13. The van der Waals surface area contributed by atoms with Crippen molar-refractivity contribution in [1.82, 2.24) is 0 Å². The van der Waals surface area contributed by atoms with Gasteiger partial charge in [0.05, 0.1) is 47.8 Å². The van der Waals surface area contributed by atoms with Gasteiger partial charge in [-0.15, -0.1) is 22.7 Å². The van der Waals surface area contributed by atoms with Crippen molar-refractivity contribution in [2.24, 2.45) is 0 Å². The molecule has 0 bridgehead atoms. The quantitative estimate of drug-likeness (QED) is 0.164. The lowest BCUT2D eigenvalue weighted by Crippen LogP contribution is -2.60. The molecule has 4 aliphatic heterocycles. The fraction of sp³-hybridized carbons (Fsp3) is 0.233. The molecule has 4 aliphatic rings. The van der Waals surface area contributed by atoms with Gasteiger partial charge >= 0.3 is 0 Å². The first-order chi connectivity index (χ1) is 33.5. The Morgan fingerprint density at radius 2 is 0.826 bits per heavy atom. The third-order valence-electron chi connectivity index (χ3n) is 14.3. The molecule has 342 valence electrons. The van der Waals surface area contributed by atoms with E-state index in [0.717, 1.165) is 80.8 Å². The zero-order valence-corrected chi connectivity index (χ0v) is 41.6. The maximum absolute atomic E-state index is 6.57. The summed E-state index contributed by atoms with van der Waals surface area (Å²) in [6, 6.07) is 51.9. The zero-order chi connectivity index (χ0) is 46.8. The maximum Gasteiger partial charge on any atom is 0.256 e. The van der Waals surface area contributed by atoms with Crippen LogP contribution in [0.5, 0.6) is 23.0 Å². The van der Waals surface area contributed by atoms with Gasteiger partial charge < -0.3 is 28.7 Å². The number of rotatable bonds is 4. The summed E-state index contributed by atoms with van der Waals surface area (Å²) in [6.07, 6.45) is 1.65. The minimum absolute atomic E-state index is 0.0502. The van der Waals surface area contributed by atoms with Gasteiger partial charge in [-0.25, -0.2) is 0 Å². The Bertz CT molecular complexity index is 3290. The summed E-state index contributed by atoms with van der Waals surface area (Å²) in [6.45, 7) is 16.3. The lowest BCUT2D eigenvalue weighted by atomic mass is 9.33. The number of hydrogen-bond acceptors (Lipinski definition) is 8. The van der Waals surface area contributed by atoms with E-state index in [9.17, 15) is 0 Å². The van der Waals surface area contributed by atoms with Gasteiger partial charge in [-0.3, -0.25) is 0 Å². The third kappa shape index (κ3) is 6.86. The molecule has 0 fully saturated rings. The maximum atomic E-state index is 6.57. The largest absolute Gasteiger partial charge is 0.490 e. The average molecular weight is 941 g/mol. The van der Waals surface area contributed by atoms with E-state index in [1.165, 1.54) is 57.7 Å². The van der Waals surface area contributed by atoms with Crippen LogP contribution in [0.2, 0.25) is 0 Å². The molecule has 0 N–H and O–H groups in total. The number of hydrogen-bond donors (Lipinski definition) is 0. The molecule has 0 spiro atoms. The van der Waals surface area contributed by atoms with Crippen molar-refractivity contribution in [2.45, 2.75) is 65.2 Å². The summed E-state index contributed by atoms with van der Waals surface area (Å²) in [7, 11) is 0. The number of fused-ring (bicyclic) bond motifs is 10. The minimum atomic E-state index is -0.0807. The smallest absolute Gasteiger partial charge is 0.256 e. The predicted molar refractivity (Wildman–Crippen MR) is 291 cm³/mol. The zero-order valence-electron chi connectivity index (χ0n) is 39.9. The van der Waals surface area contributed by atoms with Crippen LogP contribution in [-0.2, 0) is 10.8 Å². The van der Waals surface area contributed by atoms with Crippen molar-refractivity contribution in [1.29, 1.82) is 0 Å². The fourth-order valence-corrected chi connectivity index (χ4v) is 13.3. The van der Waals surface area contributed by atoms with Crippen LogP contribution in [0, 0.1) is 0 Å². The molecule has 6 heterocycles. The Morgan fingerprint density at radius 1 is 0.420 bits per heavy atom. The van der Waals surface area contributed by atoms with Crippen LogP contribution in [0.1, 0.15) is 65.5 Å². The van der Waals surface area contributed by atoms with E-state index >= 15 is 0 Å². The highest BCUT2D eigenvalue weighted by molar-refractivity contribution is 7.29. The molecule has 0 unspecified atom stereocenters. The molecule has 0 saturated carbocycles. The first-order valence-corrected chi connectivity index (χ1v) is 26.0. The lowest BCUT2D eigenvalue weighted by Gasteiger charge is -2.43. The second-order valence-electron chi connectivity index (χ2n) is 20.8. The van der Waals surface area contributed by atoms with E-state index in [1.54, 1.807) is 0 Å².